The fraction of sp³-hybridized carbons (Fsp3) is 0.636. The molecule has 0 unspecified atom stereocenters. The van der Waals surface area contributed by atoms with Crippen LogP contribution in [0.2, 0.25) is 0 Å². The summed E-state index contributed by atoms with van der Waals surface area (Å²) in [4.78, 5) is 16.5. The number of alkyl halides is 3. The van der Waals surface area contributed by atoms with Crippen LogP contribution < -0.4 is 10.6 Å². The average molecular weight is 338 g/mol. The van der Waals surface area contributed by atoms with Crippen molar-refractivity contribution < 1.29 is 18.0 Å². The Kier molecular flexibility index (Phi) is 5.19. The molecule has 1 fully saturated rings. The lowest BCUT2D eigenvalue weighted by molar-refractivity contribution is -0.141. The van der Waals surface area contributed by atoms with Crippen LogP contribution in [0.4, 0.5) is 18.0 Å². The Morgan fingerprint density at radius 3 is 2.55 bits per heavy atom. The van der Waals surface area contributed by atoms with Crippen molar-refractivity contribution in [3.05, 3.63) is 17.5 Å². The van der Waals surface area contributed by atoms with E-state index < -0.39 is 17.9 Å². The maximum absolute atomic E-state index is 12.6. The summed E-state index contributed by atoms with van der Waals surface area (Å²) in [5, 5.41) is 8.75. The normalized spacial score (nSPS) is 16.9. The topological polar surface area (TPSA) is 79.4 Å². The highest BCUT2D eigenvalue weighted by Crippen LogP contribution is 2.28. The first kappa shape index (κ1) is 16.9. The number of nitrogens with two attached hydrogens (primary N) is 1. The van der Waals surface area contributed by atoms with Gasteiger partial charge in [0.2, 0.25) is 0 Å². The second-order valence-electron chi connectivity index (χ2n) is 4.90. The van der Waals surface area contributed by atoms with E-state index in [1.807, 2.05) is 0 Å². The van der Waals surface area contributed by atoms with Gasteiger partial charge in [0.25, 0.3) is 0 Å². The van der Waals surface area contributed by atoms with Gasteiger partial charge in [0.15, 0.2) is 5.69 Å². The molecule has 0 aromatic carbocycles. The van der Waals surface area contributed by atoms with Gasteiger partial charge in [0.1, 0.15) is 0 Å². The van der Waals surface area contributed by atoms with Gasteiger partial charge in [-0.3, -0.25) is 10.0 Å². The molecule has 22 heavy (non-hydrogen) atoms. The van der Waals surface area contributed by atoms with E-state index in [0.29, 0.717) is 32.1 Å². The standard InChI is InChI=1S/C11H17F3N6OS/c1-8-6-9(11(12,13)14)16-20(8)17-10(21)19-4-2-18(3-5-19)7-22-15/h6H,2-5,7,15H2,1H3,(H,17,21). The van der Waals surface area contributed by atoms with Crippen LogP contribution in [0.15, 0.2) is 6.07 Å². The number of halogens is 3. The molecule has 0 radical (unpaired) electrons. The van der Waals surface area contributed by atoms with Crippen molar-refractivity contribution in [2.75, 3.05) is 37.5 Å². The molecular weight excluding hydrogens is 321 g/mol. The molecule has 1 aromatic rings. The minimum absolute atomic E-state index is 0.207. The molecule has 1 aliphatic heterocycles. The predicted octanol–water partition coefficient (Wildman–Crippen LogP) is 1.06. The molecule has 1 saturated heterocycles. The molecule has 11 heteroatoms. The van der Waals surface area contributed by atoms with E-state index in [1.54, 1.807) is 0 Å². The Hall–Kier alpha value is -1.46. The van der Waals surface area contributed by atoms with E-state index in [0.717, 1.165) is 10.9 Å². The van der Waals surface area contributed by atoms with Crippen LogP contribution in [0.1, 0.15) is 11.4 Å². The summed E-state index contributed by atoms with van der Waals surface area (Å²) >= 11 is 1.21. The van der Waals surface area contributed by atoms with Crippen molar-refractivity contribution in [1.82, 2.24) is 19.7 Å². The Morgan fingerprint density at radius 1 is 1.41 bits per heavy atom. The van der Waals surface area contributed by atoms with E-state index in [2.05, 4.69) is 15.4 Å². The monoisotopic (exact) mass is 338 g/mol. The Bertz CT molecular complexity index is 526. The highest BCUT2D eigenvalue weighted by Gasteiger charge is 2.34. The summed E-state index contributed by atoms with van der Waals surface area (Å²) in [6, 6.07) is 0.413. The third-order valence-corrected chi connectivity index (χ3v) is 3.81. The third kappa shape index (κ3) is 4.05. The van der Waals surface area contributed by atoms with Crippen molar-refractivity contribution in [2.24, 2.45) is 5.14 Å². The zero-order valence-corrected chi connectivity index (χ0v) is 12.7. The summed E-state index contributed by atoms with van der Waals surface area (Å²) in [5.74, 6) is 0.683. The van der Waals surface area contributed by atoms with Crippen LogP contribution in [0.5, 0.6) is 0 Å². The molecule has 3 N–H and O–H groups in total. The van der Waals surface area contributed by atoms with Crippen molar-refractivity contribution >= 4 is 18.0 Å². The van der Waals surface area contributed by atoms with Gasteiger partial charge >= 0.3 is 12.2 Å². The van der Waals surface area contributed by atoms with Crippen LogP contribution in [0.25, 0.3) is 0 Å². The number of rotatable bonds is 3. The lowest BCUT2D eigenvalue weighted by Crippen LogP contribution is -2.51. The number of aryl methyl sites for hydroxylation is 1. The van der Waals surface area contributed by atoms with Crippen molar-refractivity contribution in [1.29, 1.82) is 0 Å². The van der Waals surface area contributed by atoms with Crippen LogP contribution >= 0.6 is 11.9 Å². The van der Waals surface area contributed by atoms with Crippen LogP contribution in [0.3, 0.4) is 0 Å². The second kappa shape index (κ2) is 6.75. The molecule has 0 atom stereocenters. The molecule has 0 spiro atoms. The Morgan fingerprint density at radius 2 is 2.05 bits per heavy atom. The van der Waals surface area contributed by atoms with Crippen LogP contribution in [-0.4, -0.2) is 57.8 Å². The SMILES string of the molecule is Cc1cc(C(F)(F)F)nn1NC(=O)N1CCN(CSN)CC1. The molecule has 0 aliphatic carbocycles. The van der Waals surface area contributed by atoms with Gasteiger partial charge < -0.3 is 4.90 Å². The fourth-order valence-corrected chi connectivity index (χ4v) is 2.54. The highest BCUT2D eigenvalue weighted by atomic mass is 32.2. The zero-order chi connectivity index (χ0) is 16.3. The number of carbonyl (C=O) groups is 1. The molecule has 0 bridgehead atoms. The van der Waals surface area contributed by atoms with Crippen molar-refractivity contribution in [3.63, 3.8) is 0 Å². The zero-order valence-electron chi connectivity index (χ0n) is 11.9. The molecule has 1 aromatic heterocycles. The van der Waals surface area contributed by atoms with E-state index in [4.69, 9.17) is 5.14 Å². The molecule has 1 aliphatic rings. The maximum Gasteiger partial charge on any atom is 0.435 e. The minimum Gasteiger partial charge on any atom is -0.321 e. The number of hydrogen-bond donors (Lipinski definition) is 2. The van der Waals surface area contributed by atoms with Gasteiger partial charge in [-0.25, -0.2) is 10.2 Å². The summed E-state index contributed by atoms with van der Waals surface area (Å²) in [7, 11) is 0. The van der Waals surface area contributed by atoms with Gasteiger partial charge in [-0.05, 0) is 13.0 Å². The van der Waals surface area contributed by atoms with E-state index >= 15 is 0 Å². The van der Waals surface area contributed by atoms with E-state index in [9.17, 15) is 18.0 Å². The number of nitrogens with zero attached hydrogens (tertiary/aromatic N) is 4. The molecular formula is C11H17F3N6OS. The first-order chi connectivity index (χ1) is 10.3. The number of piperazine rings is 1. The lowest BCUT2D eigenvalue weighted by atomic mass is 10.3. The number of carbonyl (C=O) groups excluding carboxylic acids is 1. The van der Waals surface area contributed by atoms with Crippen LogP contribution in [0, 0.1) is 6.92 Å². The molecule has 0 saturated carbocycles. The number of hydrogen-bond acceptors (Lipinski definition) is 5. The van der Waals surface area contributed by atoms with E-state index in [1.165, 1.54) is 23.8 Å². The first-order valence-electron chi connectivity index (χ1n) is 6.55. The summed E-state index contributed by atoms with van der Waals surface area (Å²) < 4.78 is 37.7. The molecule has 2 heterocycles. The minimum atomic E-state index is -4.54. The highest BCUT2D eigenvalue weighted by molar-refractivity contribution is 7.97. The van der Waals surface area contributed by atoms with Crippen molar-refractivity contribution in [3.8, 4) is 0 Å². The average Bonchev–Trinajstić information content (AvgIpc) is 2.81. The number of nitrogens with one attached hydrogen (secondary N) is 1. The number of amides is 2. The maximum atomic E-state index is 12.6. The second-order valence-corrected chi connectivity index (χ2v) is 5.49. The van der Waals surface area contributed by atoms with Crippen LogP contribution in [-0.2, 0) is 6.18 Å². The first-order valence-corrected chi connectivity index (χ1v) is 7.60. The van der Waals surface area contributed by atoms with Gasteiger partial charge in [0.05, 0.1) is 11.6 Å². The predicted molar refractivity (Wildman–Crippen MR) is 76.5 cm³/mol. The summed E-state index contributed by atoms with van der Waals surface area (Å²) in [6.45, 7) is 3.75. The van der Waals surface area contributed by atoms with Gasteiger partial charge in [-0.15, -0.1) is 5.10 Å². The summed E-state index contributed by atoms with van der Waals surface area (Å²) in [5.41, 5.74) is 1.54. The van der Waals surface area contributed by atoms with E-state index in [-0.39, 0.29) is 5.69 Å². The lowest BCUT2D eigenvalue weighted by Gasteiger charge is -2.34. The van der Waals surface area contributed by atoms with Gasteiger partial charge in [-0.2, -0.15) is 18.0 Å². The Labute approximate surface area is 129 Å². The quantitative estimate of drug-likeness (QED) is 0.806. The molecule has 124 valence electrons. The number of urea groups is 1. The molecule has 2 rings (SSSR count). The van der Waals surface area contributed by atoms with Crippen molar-refractivity contribution in [2.45, 2.75) is 13.1 Å². The Balaban J connectivity index is 1.94. The largest absolute Gasteiger partial charge is 0.435 e. The van der Waals surface area contributed by atoms with Gasteiger partial charge in [0, 0.05) is 26.2 Å². The molecule has 7 nitrogen and oxygen atoms in total. The fourth-order valence-electron chi connectivity index (χ4n) is 2.07. The molecule has 2 amide bonds. The smallest absolute Gasteiger partial charge is 0.321 e. The van der Waals surface area contributed by atoms with Gasteiger partial charge in [-0.1, -0.05) is 11.9 Å². The number of aromatic nitrogens is 2. The third-order valence-electron chi connectivity index (χ3n) is 3.30. The summed E-state index contributed by atoms with van der Waals surface area (Å²) in [6.07, 6.45) is -4.54.